The maximum Gasteiger partial charge on any atom is 0.319 e. The van der Waals surface area contributed by atoms with Crippen molar-refractivity contribution in [2.45, 2.75) is 19.9 Å². The molecule has 17 heavy (non-hydrogen) atoms. The van der Waals surface area contributed by atoms with Crippen LogP contribution in [0, 0.1) is 12.7 Å². The van der Waals surface area contributed by atoms with Crippen molar-refractivity contribution in [3.05, 3.63) is 29.6 Å². The third-order valence-corrected chi connectivity index (χ3v) is 2.22. The molecule has 94 valence electrons. The number of amides is 2. The topological polar surface area (TPSA) is 50.4 Å². The van der Waals surface area contributed by atoms with Crippen LogP contribution in [0.1, 0.15) is 12.5 Å². The molecular weight excluding hydrogens is 223 g/mol. The maximum absolute atomic E-state index is 13.2. The van der Waals surface area contributed by atoms with E-state index in [0.29, 0.717) is 17.9 Å². The molecular formula is C12H17FN2O2. The van der Waals surface area contributed by atoms with Gasteiger partial charge in [-0.05, 0) is 31.5 Å². The first kappa shape index (κ1) is 13.4. The number of rotatable bonds is 4. The average molecular weight is 240 g/mol. The molecule has 0 saturated heterocycles. The van der Waals surface area contributed by atoms with E-state index in [2.05, 4.69) is 10.6 Å². The number of methoxy groups -OCH3 is 1. The van der Waals surface area contributed by atoms with Crippen LogP contribution >= 0.6 is 0 Å². The SMILES string of the molecule is COCC(C)NC(=O)Nc1ccc(C)c(F)c1. The molecule has 1 unspecified atom stereocenters. The third-order valence-electron chi connectivity index (χ3n) is 2.22. The molecule has 0 fully saturated rings. The van der Waals surface area contributed by atoms with Crippen molar-refractivity contribution in [1.82, 2.24) is 5.32 Å². The summed E-state index contributed by atoms with van der Waals surface area (Å²) in [5.41, 5.74) is 0.971. The predicted octanol–water partition coefficient (Wildman–Crippen LogP) is 2.29. The Morgan fingerprint density at radius 1 is 1.53 bits per heavy atom. The Morgan fingerprint density at radius 2 is 2.24 bits per heavy atom. The molecule has 1 aromatic rings. The fraction of sp³-hybridized carbons (Fsp3) is 0.417. The van der Waals surface area contributed by atoms with Crippen molar-refractivity contribution in [2.75, 3.05) is 19.0 Å². The first-order valence-corrected chi connectivity index (χ1v) is 5.35. The number of hydrogen-bond acceptors (Lipinski definition) is 2. The van der Waals surface area contributed by atoms with Crippen molar-refractivity contribution in [3.8, 4) is 0 Å². The number of hydrogen-bond donors (Lipinski definition) is 2. The van der Waals surface area contributed by atoms with E-state index in [0.717, 1.165) is 0 Å². The highest BCUT2D eigenvalue weighted by Gasteiger charge is 2.07. The van der Waals surface area contributed by atoms with Crippen LogP contribution in [0.4, 0.5) is 14.9 Å². The lowest BCUT2D eigenvalue weighted by molar-refractivity contribution is 0.173. The van der Waals surface area contributed by atoms with Crippen LogP contribution in [0.2, 0.25) is 0 Å². The standard InChI is InChI=1S/C12H17FN2O2/c1-8-4-5-10(6-11(8)13)15-12(16)14-9(2)7-17-3/h4-6,9H,7H2,1-3H3,(H2,14,15,16). The van der Waals surface area contributed by atoms with Gasteiger partial charge in [-0.25, -0.2) is 9.18 Å². The molecule has 5 heteroatoms. The maximum atomic E-state index is 13.2. The smallest absolute Gasteiger partial charge is 0.319 e. The lowest BCUT2D eigenvalue weighted by Gasteiger charge is -2.13. The van der Waals surface area contributed by atoms with E-state index in [-0.39, 0.29) is 17.9 Å². The molecule has 0 bridgehead atoms. The molecule has 0 aliphatic carbocycles. The Bertz CT molecular complexity index is 396. The number of ether oxygens (including phenoxy) is 1. The number of carbonyl (C=O) groups excluding carboxylic acids is 1. The summed E-state index contributed by atoms with van der Waals surface area (Å²) in [7, 11) is 1.56. The molecule has 0 aromatic heterocycles. The quantitative estimate of drug-likeness (QED) is 0.848. The van der Waals surface area contributed by atoms with Crippen molar-refractivity contribution < 1.29 is 13.9 Å². The summed E-state index contributed by atoms with van der Waals surface area (Å²) in [4.78, 5) is 11.5. The summed E-state index contributed by atoms with van der Waals surface area (Å²) in [6.45, 7) is 3.91. The van der Waals surface area contributed by atoms with Crippen molar-refractivity contribution in [3.63, 3.8) is 0 Å². The fourth-order valence-corrected chi connectivity index (χ4v) is 1.35. The lowest BCUT2D eigenvalue weighted by Crippen LogP contribution is -2.38. The number of aryl methyl sites for hydroxylation is 1. The molecule has 1 aromatic carbocycles. The predicted molar refractivity (Wildman–Crippen MR) is 64.6 cm³/mol. The minimum Gasteiger partial charge on any atom is -0.383 e. The molecule has 4 nitrogen and oxygen atoms in total. The summed E-state index contributed by atoms with van der Waals surface area (Å²) in [5, 5.41) is 5.22. The van der Waals surface area contributed by atoms with E-state index < -0.39 is 0 Å². The Balaban J connectivity index is 2.53. The normalized spacial score (nSPS) is 12.0. The van der Waals surface area contributed by atoms with E-state index in [4.69, 9.17) is 4.74 Å². The van der Waals surface area contributed by atoms with Gasteiger partial charge in [0.2, 0.25) is 0 Å². The van der Waals surface area contributed by atoms with Crippen molar-refractivity contribution in [1.29, 1.82) is 0 Å². The Labute approximate surface area is 100 Å². The largest absolute Gasteiger partial charge is 0.383 e. The third kappa shape index (κ3) is 4.40. The molecule has 2 amide bonds. The summed E-state index contributed by atoms with van der Waals surface area (Å²) in [6.07, 6.45) is 0. The molecule has 0 radical (unpaired) electrons. The second-order valence-electron chi connectivity index (χ2n) is 3.92. The van der Waals surface area contributed by atoms with Gasteiger partial charge in [-0.1, -0.05) is 6.07 Å². The summed E-state index contributed by atoms with van der Waals surface area (Å²) in [5.74, 6) is -0.340. The van der Waals surface area contributed by atoms with Crippen molar-refractivity contribution >= 4 is 11.7 Å². The number of nitrogens with one attached hydrogen (secondary N) is 2. The minimum atomic E-state index is -0.377. The minimum absolute atomic E-state index is 0.102. The van der Waals surface area contributed by atoms with E-state index >= 15 is 0 Å². The van der Waals surface area contributed by atoms with Gasteiger partial charge in [-0.2, -0.15) is 0 Å². The summed E-state index contributed by atoms with van der Waals surface area (Å²) >= 11 is 0. The molecule has 0 spiro atoms. The number of carbonyl (C=O) groups is 1. The van der Waals surface area contributed by atoms with Gasteiger partial charge >= 0.3 is 6.03 Å². The molecule has 0 aliphatic heterocycles. The van der Waals surface area contributed by atoms with Gasteiger partial charge in [-0.15, -0.1) is 0 Å². The second kappa shape index (κ2) is 6.20. The summed E-state index contributed by atoms with van der Waals surface area (Å²) < 4.78 is 18.1. The van der Waals surface area contributed by atoms with Gasteiger partial charge in [0.15, 0.2) is 0 Å². The van der Waals surface area contributed by atoms with Crippen LogP contribution < -0.4 is 10.6 Å². The Kier molecular flexibility index (Phi) is 4.90. The average Bonchev–Trinajstić information content (AvgIpc) is 2.23. The zero-order valence-electron chi connectivity index (χ0n) is 10.2. The first-order valence-electron chi connectivity index (χ1n) is 5.35. The summed E-state index contributed by atoms with van der Waals surface area (Å²) in [6, 6.07) is 4.08. The van der Waals surface area contributed by atoms with Gasteiger partial charge in [0.25, 0.3) is 0 Å². The monoisotopic (exact) mass is 240 g/mol. The number of benzene rings is 1. The van der Waals surface area contributed by atoms with Gasteiger partial charge in [-0.3, -0.25) is 0 Å². The second-order valence-corrected chi connectivity index (χ2v) is 3.92. The van der Waals surface area contributed by atoms with Crippen LogP contribution in [-0.4, -0.2) is 25.8 Å². The van der Waals surface area contributed by atoms with E-state index in [1.54, 1.807) is 26.2 Å². The highest BCUT2D eigenvalue weighted by Crippen LogP contribution is 2.13. The molecule has 0 heterocycles. The van der Waals surface area contributed by atoms with Crippen LogP contribution in [0.15, 0.2) is 18.2 Å². The van der Waals surface area contributed by atoms with Crippen LogP contribution in [-0.2, 0) is 4.74 Å². The molecule has 1 rings (SSSR count). The van der Waals surface area contributed by atoms with Crippen LogP contribution in [0.3, 0.4) is 0 Å². The highest BCUT2D eigenvalue weighted by atomic mass is 19.1. The molecule has 0 aliphatic rings. The Hall–Kier alpha value is -1.62. The Morgan fingerprint density at radius 3 is 2.82 bits per heavy atom. The van der Waals surface area contributed by atoms with Crippen LogP contribution in [0.5, 0.6) is 0 Å². The van der Waals surface area contributed by atoms with Gasteiger partial charge < -0.3 is 15.4 Å². The van der Waals surface area contributed by atoms with E-state index in [9.17, 15) is 9.18 Å². The zero-order valence-corrected chi connectivity index (χ0v) is 10.2. The zero-order chi connectivity index (χ0) is 12.8. The number of halogens is 1. The van der Waals surface area contributed by atoms with Gasteiger partial charge in [0.1, 0.15) is 5.82 Å². The number of anilines is 1. The van der Waals surface area contributed by atoms with Gasteiger partial charge in [0.05, 0.1) is 12.6 Å². The molecule has 0 saturated carbocycles. The molecule has 2 N–H and O–H groups in total. The van der Waals surface area contributed by atoms with Gasteiger partial charge in [0, 0.05) is 12.8 Å². The highest BCUT2D eigenvalue weighted by molar-refractivity contribution is 5.89. The lowest BCUT2D eigenvalue weighted by atomic mass is 10.2. The van der Waals surface area contributed by atoms with E-state index in [1.165, 1.54) is 6.07 Å². The first-order chi connectivity index (χ1) is 8.02. The fourth-order valence-electron chi connectivity index (χ4n) is 1.35. The van der Waals surface area contributed by atoms with Crippen molar-refractivity contribution in [2.24, 2.45) is 0 Å². The van der Waals surface area contributed by atoms with Crippen LogP contribution in [0.25, 0.3) is 0 Å². The van der Waals surface area contributed by atoms with E-state index in [1.807, 2.05) is 6.92 Å². The number of urea groups is 1. The molecule has 1 atom stereocenters.